The van der Waals surface area contributed by atoms with Crippen molar-refractivity contribution in [3.8, 4) is 22.8 Å². The maximum atomic E-state index is 14.0. The number of aryl methyl sites for hydroxylation is 1. The number of rotatable bonds is 10. The first kappa shape index (κ1) is 28.9. The minimum Gasteiger partial charge on any atom is -0.497 e. The molecule has 0 aliphatic carbocycles. The Morgan fingerprint density at radius 3 is 2.48 bits per heavy atom. The fraction of sp³-hybridized carbons (Fsp3) is 0.300. The third-order valence-corrected chi connectivity index (χ3v) is 8.73. The van der Waals surface area contributed by atoms with Gasteiger partial charge >= 0.3 is 0 Å². The summed E-state index contributed by atoms with van der Waals surface area (Å²) in [5, 5.41) is 10.8. The Kier molecular flexibility index (Phi) is 8.68. The first-order chi connectivity index (χ1) is 19.1. The number of methoxy groups -OCH3 is 1. The third-order valence-electron chi connectivity index (χ3n) is 6.95. The lowest BCUT2D eigenvalue weighted by Crippen LogP contribution is -2.33. The highest BCUT2D eigenvalue weighted by Gasteiger charge is 2.31. The lowest BCUT2D eigenvalue weighted by molar-refractivity contribution is 0.402. The van der Waals surface area contributed by atoms with Crippen LogP contribution in [0.2, 0.25) is 0 Å². The lowest BCUT2D eigenvalue weighted by atomic mass is 10.0. The van der Waals surface area contributed by atoms with Crippen molar-refractivity contribution in [3.05, 3.63) is 94.0 Å². The van der Waals surface area contributed by atoms with Gasteiger partial charge in [0.1, 0.15) is 11.6 Å². The predicted molar refractivity (Wildman–Crippen MR) is 150 cm³/mol. The van der Waals surface area contributed by atoms with Gasteiger partial charge in [0.15, 0.2) is 4.90 Å². The Bertz CT molecular complexity index is 1690. The molecule has 40 heavy (non-hydrogen) atoms. The molecular weight excluding hydrogens is 533 g/mol. The van der Waals surface area contributed by atoms with Gasteiger partial charge in [0.05, 0.1) is 18.0 Å². The summed E-state index contributed by atoms with van der Waals surface area (Å²) in [5.74, 6) is -0.536. The molecule has 0 fully saturated rings. The summed E-state index contributed by atoms with van der Waals surface area (Å²) in [7, 11) is -2.93. The highest BCUT2D eigenvalue weighted by molar-refractivity contribution is 7.91. The van der Waals surface area contributed by atoms with Gasteiger partial charge in [-0.1, -0.05) is 44.5 Å². The molecule has 8 nitrogen and oxygen atoms in total. The molecule has 0 aliphatic heterocycles. The molecule has 2 aromatic heterocycles. The topological polar surface area (TPSA) is 111 Å². The molecule has 210 valence electrons. The molecule has 0 amide bonds. The van der Waals surface area contributed by atoms with E-state index in [0.717, 1.165) is 12.0 Å². The highest BCUT2D eigenvalue weighted by Crippen LogP contribution is 2.31. The zero-order valence-electron chi connectivity index (χ0n) is 22.9. The number of sulfone groups is 1. The van der Waals surface area contributed by atoms with Crippen molar-refractivity contribution in [2.24, 2.45) is 0 Å². The van der Waals surface area contributed by atoms with E-state index in [9.17, 15) is 22.7 Å². The molecule has 4 rings (SSSR count). The van der Waals surface area contributed by atoms with Gasteiger partial charge in [0.2, 0.25) is 21.7 Å². The van der Waals surface area contributed by atoms with Crippen LogP contribution in [0.4, 0.5) is 4.39 Å². The van der Waals surface area contributed by atoms with Crippen LogP contribution >= 0.6 is 0 Å². The minimum absolute atomic E-state index is 0.195. The van der Waals surface area contributed by atoms with Gasteiger partial charge in [0.25, 0.3) is 5.56 Å². The first-order valence-electron chi connectivity index (χ1n) is 13.1. The largest absolute Gasteiger partial charge is 0.497 e. The molecule has 0 radical (unpaired) electrons. The van der Waals surface area contributed by atoms with Crippen LogP contribution in [0.3, 0.4) is 0 Å². The van der Waals surface area contributed by atoms with Crippen LogP contribution in [0.1, 0.15) is 56.1 Å². The quantitative estimate of drug-likeness (QED) is 0.248. The minimum atomic E-state index is -4.47. The highest BCUT2D eigenvalue weighted by atomic mass is 32.2. The van der Waals surface area contributed by atoms with E-state index >= 15 is 0 Å². The third kappa shape index (κ3) is 5.49. The Balaban J connectivity index is 1.87. The molecule has 1 atom stereocenters. The van der Waals surface area contributed by atoms with E-state index in [2.05, 4.69) is 9.97 Å². The lowest BCUT2D eigenvalue weighted by Gasteiger charge is -2.23. The molecule has 0 saturated heterocycles. The second kappa shape index (κ2) is 12.0. The summed E-state index contributed by atoms with van der Waals surface area (Å²) in [4.78, 5) is 20.9. The number of ether oxygens (including phenoxy) is 1. The van der Waals surface area contributed by atoms with Gasteiger partial charge in [-0.2, -0.15) is 9.37 Å². The summed E-state index contributed by atoms with van der Waals surface area (Å²) < 4.78 is 48.2. The van der Waals surface area contributed by atoms with Crippen LogP contribution in [-0.2, 0) is 16.3 Å². The van der Waals surface area contributed by atoms with Gasteiger partial charge in [-0.3, -0.25) is 9.36 Å². The summed E-state index contributed by atoms with van der Waals surface area (Å²) in [6.45, 7) is 5.47. The summed E-state index contributed by atoms with van der Waals surface area (Å²) in [5.41, 5.74) is 1.38. The van der Waals surface area contributed by atoms with Gasteiger partial charge in [-0.25, -0.2) is 13.4 Å². The second-order valence-corrected chi connectivity index (χ2v) is 11.3. The van der Waals surface area contributed by atoms with E-state index < -0.39 is 38.2 Å². The predicted octanol–water partition coefficient (Wildman–Crippen LogP) is 5.64. The summed E-state index contributed by atoms with van der Waals surface area (Å²) in [6, 6.07) is 14.0. The number of nitrogens with zero attached hydrogens (tertiary/aromatic N) is 3. The summed E-state index contributed by atoms with van der Waals surface area (Å²) in [6.07, 6.45) is 3.70. The van der Waals surface area contributed by atoms with Crippen molar-refractivity contribution in [1.29, 1.82) is 0 Å². The van der Waals surface area contributed by atoms with Crippen molar-refractivity contribution >= 4 is 9.84 Å². The molecule has 10 heteroatoms. The molecule has 0 aliphatic rings. The van der Waals surface area contributed by atoms with Crippen LogP contribution in [0.15, 0.2) is 75.4 Å². The van der Waals surface area contributed by atoms with Crippen molar-refractivity contribution in [3.63, 3.8) is 0 Å². The van der Waals surface area contributed by atoms with Gasteiger partial charge in [-0.05, 0) is 66.8 Å². The zero-order valence-corrected chi connectivity index (χ0v) is 23.7. The van der Waals surface area contributed by atoms with Crippen molar-refractivity contribution in [2.45, 2.75) is 62.3 Å². The van der Waals surface area contributed by atoms with Crippen LogP contribution in [-0.4, -0.2) is 35.2 Å². The van der Waals surface area contributed by atoms with Crippen molar-refractivity contribution in [2.75, 3.05) is 7.11 Å². The van der Waals surface area contributed by atoms with E-state index in [1.54, 1.807) is 38.3 Å². The normalized spacial score (nSPS) is 12.3. The average molecular weight is 566 g/mol. The Morgan fingerprint density at radius 1 is 1.10 bits per heavy atom. The van der Waals surface area contributed by atoms with E-state index in [-0.39, 0.29) is 4.90 Å². The van der Waals surface area contributed by atoms with E-state index in [0.29, 0.717) is 47.5 Å². The van der Waals surface area contributed by atoms with Gasteiger partial charge < -0.3 is 9.84 Å². The molecule has 2 aromatic carbocycles. The molecule has 0 saturated carbocycles. The first-order valence-corrected chi connectivity index (χ1v) is 14.6. The standard InChI is InChI=1S/C30H32FN3O5S/c1-5-7-11-26-33-29(35)27(30(36)34(26)25(6-2)21-9-8-10-22(18-21)39-4)40(37,38)23-14-12-20(13-15-23)24-16-17-32-28(31)19(24)3/h8-10,12-18,25,35H,5-7,11H2,1-4H3/t25-/m0/s1. The number of unbranched alkanes of at least 4 members (excludes halogenated alkanes) is 1. The monoisotopic (exact) mass is 565 g/mol. The second-order valence-electron chi connectivity index (χ2n) is 9.46. The molecule has 2 heterocycles. The maximum absolute atomic E-state index is 14.0. The molecule has 0 unspecified atom stereocenters. The Labute approximate surface area is 233 Å². The molecule has 1 N–H and O–H groups in total. The summed E-state index contributed by atoms with van der Waals surface area (Å²) >= 11 is 0. The van der Waals surface area contributed by atoms with Gasteiger partial charge in [0, 0.05) is 18.2 Å². The van der Waals surface area contributed by atoms with Crippen molar-refractivity contribution < 1.29 is 22.7 Å². The number of hydrogen-bond acceptors (Lipinski definition) is 7. The van der Waals surface area contributed by atoms with Crippen molar-refractivity contribution in [1.82, 2.24) is 14.5 Å². The molecule has 0 spiro atoms. The number of halogens is 1. The number of aromatic hydroxyl groups is 1. The van der Waals surface area contributed by atoms with Gasteiger partial charge in [-0.15, -0.1) is 0 Å². The van der Waals surface area contributed by atoms with E-state index in [4.69, 9.17) is 4.74 Å². The number of aromatic nitrogens is 3. The van der Waals surface area contributed by atoms with E-state index in [1.807, 2.05) is 19.9 Å². The zero-order chi connectivity index (χ0) is 29.0. The fourth-order valence-electron chi connectivity index (χ4n) is 4.79. The number of hydrogen-bond donors (Lipinski definition) is 1. The maximum Gasteiger partial charge on any atom is 0.277 e. The number of benzene rings is 2. The van der Waals surface area contributed by atoms with Crippen LogP contribution in [0.5, 0.6) is 11.6 Å². The Hall–Kier alpha value is -4.05. The molecule has 4 aromatic rings. The SMILES string of the molecule is CCCCc1nc(O)c(S(=O)(=O)c2ccc(-c3ccnc(F)c3C)cc2)c(=O)n1[C@@H](CC)c1cccc(OC)c1. The molecular formula is C30H32FN3O5S. The van der Waals surface area contributed by atoms with E-state index in [1.165, 1.54) is 35.0 Å². The average Bonchev–Trinajstić information content (AvgIpc) is 2.95. The van der Waals surface area contributed by atoms with Crippen LogP contribution in [0.25, 0.3) is 11.1 Å². The smallest absolute Gasteiger partial charge is 0.277 e. The Morgan fingerprint density at radius 2 is 1.82 bits per heavy atom. The van der Waals surface area contributed by atoms with Crippen LogP contribution < -0.4 is 10.3 Å². The van der Waals surface area contributed by atoms with Crippen LogP contribution in [0, 0.1) is 12.9 Å². The fourth-order valence-corrected chi connectivity index (χ4v) is 6.13. The number of pyridine rings is 1. The molecule has 0 bridgehead atoms.